The zero-order valence-corrected chi connectivity index (χ0v) is 14.7. The van der Waals surface area contributed by atoms with Gasteiger partial charge in [0.2, 0.25) is 5.91 Å². The number of halogens is 1. The van der Waals surface area contributed by atoms with Crippen LogP contribution in [0.3, 0.4) is 0 Å². The quantitative estimate of drug-likeness (QED) is 0.803. The van der Waals surface area contributed by atoms with Crippen LogP contribution < -0.4 is 10.6 Å². The van der Waals surface area contributed by atoms with Gasteiger partial charge in [-0.15, -0.1) is 0 Å². The van der Waals surface area contributed by atoms with E-state index in [-0.39, 0.29) is 12.0 Å². The number of methoxy groups -OCH3 is 1. The lowest BCUT2D eigenvalue weighted by Gasteiger charge is -2.28. The van der Waals surface area contributed by atoms with Gasteiger partial charge >= 0.3 is 0 Å². The lowest BCUT2D eigenvalue weighted by Crippen LogP contribution is -2.34. The third-order valence-corrected chi connectivity index (χ3v) is 4.96. The van der Waals surface area contributed by atoms with Crippen molar-refractivity contribution in [2.75, 3.05) is 26.7 Å². The average Bonchev–Trinajstić information content (AvgIpc) is 2.57. The Morgan fingerprint density at radius 2 is 2.00 bits per heavy atom. The van der Waals surface area contributed by atoms with Crippen LogP contribution in [0.1, 0.15) is 37.9 Å². The molecule has 0 aromatic heterocycles. The fraction of sp³-hybridized carbons (Fsp3) is 0.611. The normalized spacial score (nSPS) is 18.4. The molecule has 1 saturated heterocycles. The molecular formula is C18H27ClN2O2. The van der Waals surface area contributed by atoms with Crippen molar-refractivity contribution < 1.29 is 9.53 Å². The smallest absolute Gasteiger partial charge is 0.220 e. The van der Waals surface area contributed by atoms with Crippen LogP contribution in [-0.4, -0.2) is 32.7 Å². The number of amides is 1. The molecule has 2 N–H and O–H groups in total. The first kappa shape index (κ1) is 18.2. The van der Waals surface area contributed by atoms with Crippen molar-refractivity contribution in [3.8, 4) is 0 Å². The Kier molecular flexibility index (Phi) is 7.34. The van der Waals surface area contributed by atoms with Gasteiger partial charge < -0.3 is 15.4 Å². The number of rotatable bonds is 7. The van der Waals surface area contributed by atoms with Crippen LogP contribution in [0.25, 0.3) is 0 Å². The van der Waals surface area contributed by atoms with Crippen LogP contribution >= 0.6 is 11.6 Å². The summed E-state index contributed by atoms with van der Waals surface area (Å²) in [5.41, 5.74) is 1.02. The molecule has 0 radical (unpaired) electrons. The Morgan fingerprint density at radius 3 is 2.61 bits per heavy atom. The second-order valence-corrected chi connectivity index (χ2v) is 6.79. The zero-order chi connectivity index (χ0) is 16.7. The first-order valence-corrected chi connectivity index (χ1v) is 8.73. The van der Waals surface area contributed by atoms with E-state index >= 15 is 0 Å². The van der Waals surface area contributed by atoms with Gasteiger partial charge in [0.15, 0.2) is 0 Å². The molecule has 1 aromatic rings. The number of ether oxygens (including phenoxy) is 1. The molecule has 1 aliphatic heterocycles. The van der Waals surface area contributed by atoms with Crippen molar-refractivity contribution in [3.63, 3.8) is 0 Å². The molecule has 1 amide bonds. The Bertz CT molecular complexity index is 486. The molecule has 1 aromatic carbocycles. The van der Waals surface area contributed by atoms with E-state index in [1.807, 2.05) is 24.3 Å². The van der Waals surface area contributed by atoms with Gasteiger partial charge in [-0.05, 0) is 55.5 Å². The summed E-state index contributed by atoms with van der Waals surface area (Å²) in [5.74, 6) is 1.18. The topological polar surface area (TPSA) is 50.4 Å². The maximum atomic E-state index is 12.2. The maximum absolute atomic E-state index is 12.2. The second-order valence-electron chi connectivity index (χ2n) is 6.35. The fourth-order valence-corrected chi connectivity index (χ4v) is 3.29. The second kappa shape index (κ2) is 9.26. The molecule has 1 heterocycles. The van der Waals surface area contributed by atoms with Gasteiger partial charge in [0.1, 0.15) is 0 Å². The van der Waals surface area contributed by atoms with Crippen molar-refractivity contribution in [3.05, 3.63) is 34.9 Å². The van der Waals surface area contributed by atoms with Crippen molar-refractivity contribution in [2.24, 2.45) is 11.8 Å². The largest absolute Gasteiger partial charge is 0.375 e. The van der Waals surface area contributed by atoms with E-state index in [1.54, 1.807) is 7.11 Å². The van der Waals surface area contributed by atoms with Crippen molar-refractivity contribution >= 4 is 17.5 Å². The van der Waals surface area contributed by atoms with Crippen LogP contribution in [0.4, 0.5) is 0 Å². The van der Waals surface area contributed by atoms with Crippen LogP contribution in [-0.2, 0) is 9.53 Å². The molecule has 1 fully saturated rings. The molecule has 4 nitrogen and oxygen atoms in total. The Morgan fingerprint density at radius 1 is 1.35 bits per heavy atom. The highest BCUT2D eigenvalue weighted by Gasteiger charge is 2.22. The number of benzene rings is 1. The summed E-state index contributed by atoms with van der Waals surface area (Å²) in [6.45, 7) is 4.80. The van der Waals surface area contributed by atoms with E-state index < -0.39 is 0 Å². The third kappa shape index (κ3) is 5.79. The third-order valence-electron chi connectivity index (χ3n) is 4.71. The first-order valence-electron chi connectivity index (χ1n) is 8.35. The van der Waals surface area contributed by atoms with Crippen LogP contribution in [0.15, 0.2) is 24.3 Å². The number of carbonyl (C=O) groups excluding carboxylic acids is 1. The number of hydrogen-bond donors (Lipinski definition) is 2. The molecule has 5 heteroatoms. The van der Waals surface area contributed by atoms with Gasteiger partial charge in [-0.1, -0.05) is 30.7 Å². The first-order chi connectivity index (χ1) is 11.1. The standard InChI is InChI=1S/C18H27ClN2O2/c1-13(14-7-9-20-10-8-14)11-18(22)21-12-17(23-2)15-3-5-16(19)6-4-15/h3-6,13-14,17,20H,7-12H2,1-2H3,(H,21,22). The van der Waals surface area contributed by atoms with Crippen LogP contribution in [0.2, 0.25) is 5.02 Å². The summed E-state index contributed by atoms with van der Waals surface area (Å²) in [5, 5.41) is 7.07. The fourth-order valence-electron chi connectivity index (χ4n) is 3.17. The summed E-state index contributed by atoms with van der Waals surface area (Å²) in [6.07, 6.45) is 2.77. The van der Waals surface area contributed by atoms with Crippen molar-refractivity contribution in [1.82, 2.24) is 10.6 Å². The van der Waals surface area contributed by atoms with Gasteiger partial charge in [0, 0.05) is 25.1 Å². The predicted octanol–water partition coefficient (Wildman–Crippen LogP) is 3.17. The minimum atomic E-state index is -0.148. The summed E-state index contributed by atoms with van der Waals surface area (Å²) >= 11 is 5.90. The molecule has 0 bridgehead atoms. The van der Waals surface area contributed by atoms with Crippen molar-refractivity contribution in [2.45, 2.75) is 32.3 Å². The van der Waals surface area contributed by atoms with Gasteiger partial charge in [0.25, 0.3) is 0 Å². The van der Waals surface area contributed by atoms with E-state index in [1.165, 1.54) is 12.8 Å². The van der Waals surface area contributed by atoms with Gasteiger partial charge in [-0.2, -0.15) is 0 Å². The molecule has 23 heavy (non-hydrogen) atoms. The molecule has 0 spiro atoms. The highest BCUT2D eigenvalue weighted by molar-refractivity contribution is 6.30. The highest BCUT2D eigenvalue weighted by atomic mass is 35.5. The number of nitrogens with one attached hydrogen (secondary N) is 2. The molecule has 0 saturated carbocycles. The molecule has 128 valence electrons. The highest BCUT2D eigenvalue weighted by Crippen LogP contribution is 2.24. The van der Waals surface area contributed by atoms with E-state index in [9.17, 15) is 4.79 Å². The van der Waals surface area contributed by atoms with E-state index in [0.717, 1.165) is 18.7 Å². The predicted molar refractivity (Wildman–Crippen MR) is 93.6 cm³/mol. The minimum absolute atomic E-state index is 0.104. The number of piperidine rings is 1. The van der Waals surface area contributed by atoms with Gasteiger partial charge in [-0.25, -0.2) is 0 Å². The van der Waals surface area contributed by atoms with E-state index in [0.29, 0.717) is 29.8 Å². The SMILES string of the molecule is COC(CNC(=O)CC(C)C1CCNCC1)c1ccc(Cl)cc1. The summed E-state index contributed by atoms with van der Waals surface area (Å²) < 4.78 is 5.48. The Hall–Kier alpha value is -1.10. The number of hydrogen-bond acceptors (Lipinski definition) is 3. The van der Waals surface area contributed by atoms with Gasteiger partial charge in [-0.3, -0.25) is 4.79 Å². The molecular weight excluding hydrogens is 312 g/mol. The minimum Gasteiger partial charge on any atom is -0.375 e. The van der Waals surface area contributed by atoms with Gasteiger partial charge in [0.05, 0.1) is 6.10 Å². The number of carbonyl (C=O) groups is 1. The summed E-state index contributed by atoms with van der Waals surface area (Å²) in [4.78, 5) is 12.2. The Balaban J connectivity index is 1.78. The molecule has 2 rings (SSSR count). The molecule has 2 atom stereocenters. The average molecular weight is 339 g/mol. The maximum Gasteiger partial charge on any atom is 0.220 e. The molecule has 0 aliphatic carbocycles. The summed E-state index contributed by atoms with van der Waals surface area (Å²) in [6, 6.07) is 7.54. The molecule has 2 unspecified atom stereocenters. The monoisotopic (exact) mass is 338 g/mol. The van der Waals surface area contributed by atoms with Crippen LogP contribution in [0, 0.1) is 11.8 Å². The lowest BCUT2D eigenvalue weighted by molar-refractivity contribution is -0.122. The molecule has 1 aliphatic rings. The van der Waals surface area contributed by atoms with Crippen LogP contribution in [0.5, 0.6) is 0 Å². The lowest BCUT2D eigenvalue weighted by atomic mass is 9.84. The van der Waals surface area contributed by atoms with E-state index in [4.69, 9.17) is 16.3 Å². The Labute approximate surface area is 143 Å². The van der Waals surface area contributed by atoms with E-state index in [2.05, 4.69) is 17.6 Å². The zero-order valence-electron chi connectivity index (χ0n) is 14.0. The van der Waals surface area contributed by atoms with Crippen molar-refractivity contribution in [1.29, 1.82) is 0 Å². The summed E-state index contributed by atoms with van der Waals surface area (Å²) in [7, 11) is 1.66.